The van der Waals surface area contributed by atoms with Crippen LogP contribution in [0.1, 0.15) is 43.4 Å². The maximum absolute atomic E-state index is 13.3. The highest BCUT2D eigenvalue weighted by molar-refractivity contribution is 6.36. The maximum atomic E-state index is 13.3. The second kappa shape index (κ2) is 11.2. The number of halogens is 2. The summed E-state index contributed by atoms with van der Waals surface area (Å²) in [6.07, 6.45) is 1.40. The molecule has 0 spiro atoms. The molecule has 1 atom stereocenters. The standard InChI is InChI=1S/C23H28Cl2N2O2/c1-4-13-26-23(29)21(5-2)27(15-17-10-7-6-9-16(17)3)22(28)14-18-19(24)11-8-12-20(18)25/h6-12,21H,4-5,13-15H2,1-3H3,(H,26,29)/t21-/m0/s1. The van der Waals surface area contributed by atoms with Crippen molar-refractivity contribution < 1.29 is 9.59 Å². The van der Waals surface area contributed by atoms with Gasteiger partial charge >= 0.3 is 0 Å². The van der Waals surface area contributed by atoms with Gasteiger partial charge in [-0.3, -0.25) is 9.59 Å². The Morgan fingerprint density at radius 2 is 1.69 bits per heavy atom. The third kappa shape index (κ3) is 6.22. The molecule has 0 bridgehead atoms. The molecule has 0 radical (unpaired) electrons. The maximum Gasteiger partial charge on any atom is 0.242 e. The molecule has 2 aromatic rings. The minimum absolute atomic E-state index is 0.0436. The second-order valence-electron chi connectivity index (χ2n) is 7.04. The summed E-state index contributed by atoms with van der Waals surface area (Å²) < 4.78 is 0. The van der Waals surface area contributed by atoms with Gasteiger partial charge in [-0.15, -0.1) is 0 Å². The zero-order valence-electron chi connectivity index (χ0n) is 17.2. The highest BCUT2D eigenvalue weighted by atomic mass is 35.5. The topological polar surface area (TPSA) is 49.4 Å². The molecule has 4 nitrogen and oxygen atoms in total. The van der Waals surface area contributed by atoms with Gasteiger partial charge in [-0.1, -0.05) is 67.4 Å². The van der Waals surface area contributed by atoms with Crippen LogP contribution in [0.2, 0.25) is 10.0 Å². The number of nitrogens with zero attached hydrogens (tertiary/aromatic N) is 1. The average molecular weight is 435 g/mol. The molecule has 2 aromatic carbocycles. The Morgan fingerprint density at radius 1 is 1.03 bits per heavy atom. The van der Waals surface area contributed by atoms with Crippen molar-refractivity contribution in [1.29, 1.82) is 0 Å². The molecular weight excluding hydrogens is 407 g/mol. The zero-order chi connectivity index (χ0) is 21.4. The van der Waals surface area contributed by atoms with Crippen LogP contribution in [0.3, 0.4) is 0 Å². The summed E-state index contributed by atoms with van der Waals surface area (Å²) in [5.74, 6) is -0.316. The molecule has 0 aromatic heterocycles. The van der Waals surface area contributed by atoms with Gasteiger partial charge in [-0.2, -0.15) is 0 Å². The Morgan fingerprint density at radius 3 is 2.28 bits per heavy atom. The van der Waals surface area contributed by atoms with Crippen LogP contribution in [-0.4, -0.2) is 29.3 Å². The van der Waals surface area contributed by atoms with E-state index >= 15 is 0 Å². The fourth-order valence-corrected chi connectivity index (χ4v) is 3.74. The van der Waals surface area contributed by atoms with Crippen molar-refractivity contribution in [1.82, 2.24) is 10.2 Å². The van der Waals surface area contributed by atoms with E-state index in [1.807, 2.05) is 45.0 Å². The molecule has 0 saturated heterocycles. The summed E-state index contributed by atoms with van der Waals surface area (Å²) in [5, 5.41) is 3.82. The number of rotatable bonds is 9. The van der Waals surface area contributed by atoms with Gasteiger partial charge in [0.15, 0.2) is 0 Å². The summed E-state index contributed by atoms with van der Waals surface area (Å²) in [6.45, 7) is 6.85. The fourth-order valence-electron chi connectivity index (χ4n) is 3.21. The lowest BCUT2D eigenvalue weighted by molar-refractivity contribution is -0.140. The molecule has 2 rings (SSSR count). The molecule has 0 aliphatic rings. The first-order valence-corrected chi connectivity index (χ1v) is 10.7. The van der Waals surface area contributed by atoms with E-state index < -0.39 is 6.04 Å². The largest absolute Gasteiger partial charge is 0.354 e. The van der Waals surface area contributed by atoms with Crippen molar-refractivity contribution in [2.75, 3.05) is 6.54 Å². The third-order valence-electron chi connectivity index (χ3n) is 4.93. The van der Waals surface area contributed by atoms with Gasteiger partial charge < -0.3 is 10.2 Å². The molecule has 0 fully saturated rings. The normalized spacial score (nSPS) is 11.8. The predicted molar refractivity (Wildman–Crippen MR) is 119 cm³/mol. The van der Waals surface area contributed by atoms with Crippen molar-refractivity contribution >= 4 is 35.0 Å². The van der Waals surface area contributed by atoms with Crippen LogP contribution in [0.25, 0.3) is 0 Å². The number of aryl methyl sites for hydroxylation is 1. The number of benzene rings is 2. The van der Waals surface area contributed by atoms with Crippen molar-refractivity contribution in [3.63, 3.8) is 0 Å². The zero-order valence-corrected chi connectivity index (χ0v) is 18.7. The Bertz CT molecular complexity index is 834. The van der Waals surface area contributed by atoms with Crippen LogP contribution in [0.5, 0.6) is 0 Å². The van der Waals surface area contributed by atoms with Crippen LogP contribution in [0.4, 0.5) is 0 Å². The molecule has 6 heteroatoms. The highest BCUT2D eigenvalue weighted by Gasteiger charge is 2.29. The van der Waals surface area contributed by atoms with E-state index in [0.717, 1.165) is 17.5 Å². The monoisotopic (exact) mass is 434 g/mol. The van der Waals surface area contributed by atoms with Crippen molar-refractivity contribution in [2.24, 2.45) is 0 Å². The molecule has 156 valence electrons. The van der Waals surface area contributed by atoms with Crippen molar-refractivity contribution in [3.05, 3.63) is 69.2 Å². The highest BCUT2D eigenvalue weighted by Crippen LogP contribution is 2.26. The van der Waals surface area contributed by atoms with Crippen molar-refractivity contribution in [2.45, 2.75) is 52.6 Å². The van der Waals surface area contributed by atoms with Crippen LogP contribution >= 0.6 is 23.2 Å². The summed E-state index contributed by atoms with van der Waals surface area (Å²) in [5.41, 5.74) is 2.66. The van der Waals surface area contributed by atoms with Crippen LogP contribution in [0.15, 0.2) is 42.5 Å². The van der Waals surface area contributed by atoms with Crippen LogP contribution in [0, 0.1) is 6.92 Å². The number of carbonyl (C=O) groups is 2. The van der Waals surface area contributed by atoms with E-state index in [1.54, 1.807) is 23.1 Å². The van der Waals surface area contributed by atoms with Crippen LogP contribution < -0.4 is 5.32 Å². The Hall–Kier alpha value is -2.04. The Balaban J connectivity index is 2.35. The summed E-state index contributed by atoms with van der Waals surface area (Å²) in [6, 6.07) is 12.5. The third-order valence-corrected chi connectivity index (χ3v) is 5.64. The lowest BCUT2D eigenvalue weighted by atomic mass is 10.0. The minimum atomic E-state index is -0.560. The SMILES string of the molecule is CCCNC(=O)[C@H](CC)N(Cc1ccccc1C)C(=O)Cc1c(Cl)cccc1Cl. The molecule has 0 aliphatic carbocycles. The average Bonchev–Trinajstić information content (AvgIpc) is 2.70. The Labute approximate surface area is 183 Å². The predicted octanol–water partition coefficient (Wildman–Crippen LogP) is 5.18. The summed E-state index contributed by atoms with van der Waals surface area (Å²) in [7, 11) is 0. The quantitative estimate of drug-likeness (QED) is 0.590. The molecule has 1 N–H and O–H groups in total. The Kier molecular flexibility index (Phi) is 8.99. The van der Waals surface area contributed by atoms with E-state index in [2.05, 4.69) is 5.32 Å². The molecule has 0 heterocycles. The van der Waals surface area contributed by atoms with Crippen LogP contribution in [-0.2, 0) is 22.6 Å². The van der Waals surface area contributed by atoms with E-state index in [0.29, 0.717) is 35.1 Å². The van der Waals surface area contributed by atoms with E-state index in [-0.39, 0.29) is 18.2 Å². The van der Waals surface area contributed by atoms with Gasteiger partial charge in [0, 0.05) is 23.1 Å². The first kappa shape index (κ1) is 23.2. The van der Waals surface area contributed by atoms with Gasteiger partial charge in [0.2, 0.25) is 11.8 Å². The van der Waals surface area contributed by atoms with Gasteiger partial charge in [0.25, 0.3) is 0 Å². The number of nitrogens with one attached hydrogen (secondary N) is 1. The van der Waals surface area contributed by atoms with Gasteiger partial charge in [-0.25, -0.2) is 0 Å². The molecule has 0 saturated carbocycles. The molecule has 29 heavy (non-hydrogen) atoms. The summed E-state index contributed by atoms with van der Waals surface area (Å²) >= 11 is 12.5. The number of hydrogen-bond acceptors (Lipinski definition) is 2. The number of amides is 2. The first-order valence-electron chi connectivity index (χ1n) is 9.93. The lowest BCUT2D eigenvalue weighted by Crippen LogP contribution is -2.49. The molecule has 0 aliphatic heterocycles. The minimum Gasteiger partial charge on any atom is -0.354 e. The molecule has 2 amide bonds. The number of carbonyl (C=O) groups excluding carboxylic acids is 2. The smallest absolute Gasteiger partial charge is 0.242 e. The van der Waals surface area contributed by atoms with Gasteiger partial charge in [-0.05, 0) is 48.6 Å². The molecule has 0 unspecified atom stereocenters. The fraction of sp³-hybridized carbons (Fsp3) is 0.391. The van der Waals surface area contributed by atoms with E-state index in [9.17, 15) is 9.59 Å². The lowest BCUT2D eigenvalue weighted by Gasteiger charge is -2.31. The molecular formula is C23H28Cl2N2O2. The van der Waals surface area contributed by atoms with Gasteiger partial charge in [0.1, 0.15) is 6.04 Å². The first-order chi connectivity index (χ1) is 13.9. The van der Waals surface area contributed by atoms with Gasteiger partial charge in [0.05, 0.1) is 6.42 Å². The van der Waals surface area contributed by atoms with E-state index in [4.69, 9.17) is 23.2 Å². The summed E-state index contributed by atoms with van der Waals surface area (Å²) in [4.78, 5) is 27.8. The second-order valence-corrected chi connectivity index (χ2v) is 7.85. The van der Waals surface area contributed by atoms with E-state index in [1.165, 1.54) is 0 Å². The number of hydrogen-bond donors (Lipinski definition) is 1. The van der Waals surface area contributed by atoms with Crippen molar-refractivity contribution in [3.8, 4) is 0 Å².